The molecule has 0 spiro atoms. The summed E-state index contributed by atoms with van der Waals surface area (Å²) >= 11 is 0. The Labute approximate surface area is 103 Å². The third kappa shape index (κ3) is 4.63. The van der Waals surface area contributed by atoms with E-state index in [0.717, 1.165) is 5.56 Å². The van der Waals surface area contributed by atoms with Crippen molar-refractivity contribution in [2.75, 3.05) is 6.54 Å². The Kier molecular flexibility index (Phi) is 4.63. The number of nitrogens with zero attached hydrogens (tertiary/aromatic N) is 2. The van der Waals surface area contributed by atoms with Crippen LogP contribution in [0.5, 0.6) is 0 Å². The molecule has 6 N–H and O–H groups in total. The van der Waals surface area contributed by atoms with Crippen molar-refractivity contribution >= 4 is 38.5 Å². The van der Waals surface area contributed by atoms with Gasteiger partial charge in [-0.15, -0.1) is 10.9 Å². The molecule has 0 aliphatic heterocycles. The van der Waals surface area contributed by atoms with E-state index in [1.807, 2.05) is 12.1 Å². The summed E-state index contributed by atoms with van der Waals surface area (Å²) in [5, 5.41) is 0. The minimum Gasteiger partial charge on any atom is -0.370 e. The SMILES string of the molecule is [B]c1ccc(CCN=C(N)N=C(N)N)cc1[B]. The maximum absolute atomic E-state index is 5.68. The Morgan fingerprint density at radius 3 is 2.41 bits per heavy atom. The summed E-state index contributed by atoms with van der Waals surface area (Å²) in [5.41, 5.74) is 17.9. The van der Waals surface area contributed by atoms with Crippen molar-refractivity contribution in [1.82, 2.24) is 0 Å². The van der Waals surface area contributed by atoms with Crippen molar-refractivity contribution in [1.29, 1.82) is 0 Å². The summed E-state index contributed by atoms with van der Waals surface area (Å²) in [6.45, 7) is 0.478. The van der Waals surface area contributed by atoms with Gasteiger partial charge in [0.1, 0.15) is 15.7 Å². The molecule has 0 fully saturated rings. The number of hydrogen-bond acceptors (Lipinski definition) is 1. The normalized spacial score (nSPS) is 11.2. The molecule has 1 rings (SSSR count). The molecule has 84 valence electrons. The zero-order valence-electron chi connectivity index (χ0n) is 9.43. The smallest absolute Gasteiger partial charge is 0.218 e. The maximum atomic E-state index is 5.68. The molecule has 0 aliphatic carbocycles. The highest BCUT2D eigenvalue weighted by molar-refractivity contribution is 6.48. The van der Waals surface area contributed by atoms with Crippen LogP contribution in [-0.2, 0) is 6.42 Å². The number of benzene rings is 1. The number of aliphatic imine (C=N–C) groups is 2. The van der Waals surface area contributed by atoms with Crippen molar-refractivity contribution < 1.29 is 0 Å². The fourth-order valence-corrected chi connectivity index (χ4v) is 1.25. The Morgan fingerprint density at radius 1 is 1.12 bits per heavy atom. The van der Waals surface area contributed by atoms with Crippen LogP contribution in [0.15, 0.2) is 28.2 Å². The Bertz CT molecular complexity index is 452. The van der Waals surface area contributed by atoms with E-state index in [-0.39, 0.29) is 11.9 Å². The molecule has 7 heteroatoms. The Hall–Kier alpha value is -1.91. The molecule has 0 saturated heterocycles. The fourth-order valence-electron chi connectivity index (χ4n) is 1.25. The van der Waals surface area contributed by atoms with Gasteiger partial charge in [-0.25, -0.2) is 0 Å². The van der Waals surface area contributed by atoms with E-state index in [1.54, 1.807) is 6.07 Å². The first-order valence-electron chi connectivity index (χ1n) is 5.02. The van der Waals surface area contributed by atoms with Crippen LogP contribution in [0.2, 0.25) is 0 Å². The average Bonchev–Trinajstić information content (AvgIpc) is 2.22. The third-order valence-corrected chi connectivity index (χ3v) is 2.07. The Balaban J connectivity index is 2.56. The van der Waals surface area contributed by atoms with E-state index >= 15 is 0 Å². The molecule has 0 saturated carbocycles. The highest BCUT2D eigenvalue weighted by Crippen LogP contribution is 1.96. The molecule has 0 heterocycles. The molecule has 0 aromatic heterocycles. The van der Waals surface area contributed by atoms with Crippen LogP contribution in [0.1, 0.15) is 5.56 Å². The van der Waals surface area contributed by atoms with E-state index in [0.29, 0.717) is 23.9 Å². The number of guanidine groups is 2. The summed E-state index contributed by atoms with van der Waals surface area (Å²) in [6.07, 6.45) is 0.686. The molecular weight excluding hydrogens is 212 g/mol. The largest absolute Gasteiger partial charge is 0.370 e. The lowest BCUT2D eigenvalue weighted by atomic mass is 9.80. The molecule has 0 unspecified atom stereocenters. The van der Waals surface area contributed by atoms with Crippen LogP contribution in [0.25, 0.3) is 0 Å². The van der Waals surface area contributed by atoms with Crippen LogP contribution < -0.4 is 28.1 Å². The van der Waals surface area contributed by atoms with Crippen molar-refractivity contribution in [3.05, 3.63) is 23.8 Å². The lowest BCUT2D eigenvalue weighted by molar-refractivity contribution is 0.963. The number of rotatable bonds is 3. The number of hydrogen-bond donors (Lipinski definition) is 3. The van der Waals surface area contributed by atoms with Crippen molar-refractivity contribution in [2.24, 2.45) is 27.2 Å². The van der Waals surface area contributed by atoms with Gasteiger partial charge in [0.05, 0.1) is 0 Å². The average molecular weight is 225 g/mol. The van der Waals surface area contributed by atoms with Gasteiger partial charge in [-0.3, -0.25) is 4.99 Å². The van der Waals surface area contributed by atoms with E-state index in [1.165, 1.54) is 0 Å². The molecule has 4 radical (unpaired) electrons. The topological polar surface area (TPSA) is 103 Å². The molecule has 0 atom stereocenters. The second-order valence-electron chi connectivity index (χ2n) is 3.49. The van der Waals surface area contributed by atoms with E-state index in [9.17, 15) is 0 Å². The number of nitrogens with two attached hydrogens (primary N) is 3. The first-order chi connectivity index (χ1) is 7.99. The zero-order chi connectivity index (χ0) is 12.8. The minimum absolute atomic E-state index is 0.0633. The summed E-state index contributed by atoms with van der Waals surface area (Å²) in [6, 6.07) is 5.45. The lowest BCUT2D eigenvalue weighted by Gasteiger charge is -2.04. The van der Waals surface area contributed by atoms with Gasteiger partial charge in [0.15, 0.2) is 5.96 Å². The van der Waals surface area contributed by atoms with Crippen molar-refractivity contribution in [3.63, 3.8) is 0 Å². The van der Waals surface area contributed by atoms with E-state index in [2.05, 4.69) is 9.98 Å². The standard InChI is InChI=1S/C10H13B2N5/c11-7-2-1-6(5-8(7)12)3-4-16-10(15)17-9(13)14/h1-2,5H,3-4H2,(H6,13,14,15,16,17). The predicted molar refractivity (Wildman–Crippen MR) is 73.2 cm³/mol. The molecule has 1 aromatic rings. The molecule has 0 amide bonds. The van der Waals surface area contributed by atoms with Crippen LogP contribution in [-0.4, -0.2) is 34.2 Å². The van der Waals surface area contributed by atoms with Gasteiger partial charge < -0.3 is 17.2 Å². The van der Waals surface area contributed by atoms with E-state index < -0.39 is 0 Å². The van der Waals surface area contributed by atoms with Gasteiger partial charge >= 0.3 is 0 Å². The first-order valence-corrected chi connectivity index (χ1v) is 5.02. The highest BCUT2D eigenvalue weighted by Gasteiger charge is 1.96. The molecule has 0 bridgehead atoms. The minimum atomic E-state index is -0.108. The fraction of sp³-hybridized carbons (Fsp3) is 0.200. The second kappa shape index (κ2) is 5.98. The maximum Gasteiger partial charge on any atom is 0.218 e. The third-order valence-electron chi connectivity index (χ3n) is 2.07. The highest BCUT2D eigenvalue weighted by atomic mass is 15.1. The van der Waals surface area contributed by atoms with E-state index in [4.69, 9.17) is 32.9 Å². The van der Waals surface area contributed by atoms with Crippen LogP contribution >= 0.6 is 0 Å². The summed E-state index contributed by atoms with van der Waals surface area (Å²) < 4.78 is 0. The summed E-state index contributed by atoms with van der Waals surface area (Å²) in [7, 11) is 11.3. The molecule has 0 aliphatic rings. The van der Waals surface area contributed by atoms with Crippen LogP contribution in [0, 0.1) is 0 Å². The Morgan fingerprint density at radius 2 is 1.82 bits per heavy atom. The zero-order valence-corrected chi connectivity index (χ0v) is 9.43. The van der Waals surface area contributed by atoms with Crippen LogP contribution in [0.3, 0.4) is 0 Å². The van der Waals surface area contributed by atoms with Gasteiger partial charge in [0.25, 0.3) is 0 Å². The molecule has 17 heavy (non-hydrogen) atoms. The molecule has 1 aromatic carbocycles. The van der Waals surface area contributed by atoms with Gasteiger partial charge in [0, 0.05) is 6.54 Å². The summed E-state index contributed by atoms with van der Waals surface area (Å²) in [4.78, 5) is 7.58. The monoisotopic (exact) mass is 225 g/mol. The van der Waals surface area contributed by atoms with Gasteiger partial charge in [-0.2, -0.15) is 4.99 Å². The predicted octanol–water partition coefficient (Wildman–Crippen LogP) is -2.60. The second-order valence-corrected chi connectivity index (χ2v) is 3.49. The molecular formula is C10H13B2N5. The van der Waals surface area contributed by atoms with Crippen molar-refractivity contribution in [3.8, 4) is 0 Å². The van der Waals surface area contributed by atoms with Crippen molar-refractivity contribution in [2.45, 2.75) is 6.42 Å². The molecule has 5 nitrogen and oxygen atoms in total. The quantitative estimate of drug-likeness (QED) is 0.298. The van der Waals surface area contributed by atoms with Gasteiger partial charge in [0.2, 0.25) is 5.96 Å². The van der Waals surface area contributed by atoms with Gasteiger partial charge in [-0.1, -0.05) is 18.2 Å². The lowest BCUT2D eigenvalue weighted by Crippen LogP contribution is -2.26. The summed E-state index contributed by atoms with van der Waals surface area (Å²) in [5.74, 6) is -0.0450. The van der Waals surface area contributed by atoms with Crippen LogP contribution in [0.4, 0.5) is 0 Å². The van der Waals surface area contributed by atoms with Gasteiger partial charge in [-0.05, 0) is 12.0 Å². The first kappa shape index (κ1) is 13.2.